The van der Waals surface area contributed by atoms with Crippen LogP contribution in [-0.4, -0.2) is 89.2 Å². The number of carbonyl (C=O) groups excluding carboxylic acids is 3. The van der Waals surface area contributed by atoms with Crippen LogP contribution in [0.2, 0.25) is 0 Å². The molecule has 1 aromatic carbocycles. The first-order valence-corrected chi connectivity index (χ1v) is 16.5. The Bertz CT molecular complexity index is 1270. The van der Waals surface area contributed by atoms with Crippen LogP contribution in [0.15, 0.2) is 42.7 Å². The molecule has 10 heteroatoms. The standard InChI is InChI=1S/C35H50N4O6/c1-24-21-39(25(2)23-40)35(43)30-20-29(37-33(41)27-15-17-36-18-16-27)13-14-31(30)45-26(3)10-8-9-19-44-32(24)22-38(4)34(42)28-11-6-5-7-12-28/h13-18,20,24-26,28,32,40H,5-12,19,21-23H2,1-4H3,(H,37,41)/t24-,25-,26+,32-/m1/s1. The molecule has 4 rings (SSSR count). The molecule has 0 spiro atoms. The highest BCUT2D eigenvalue weighted by Gasteiger charge is 2.32. The number of benzene rings is 1. The minimum Gasteiger partial charge on any atom is -0.490 e. The number of hydrogen-bond donors (Lipinski definition) is 2. The van der Waals surface area contributed by atoms with E-state index in [4.69, 9.17) is 9.47 Å². The van der Waals surface area contributed by atoms with Crippen LogP contribution in [0.25, 0.3) is 0 Å². The highest BCUT2D eigenvalue weighted by molar-refractivity contribution is 6.05. The van der Waals surface area contributed by atoms with Gasteiger partial charge in [-0.05, 0) is 76.3 Å². The fourth-order valence-corrected chi connectivity index (χ4v) is 6.19. The van der Waals surface area contributed by atoms with Crippen LogP contribution in [0.3, 0.4) is 0 Å². The minimum absolute atomic E-state index is 0.0660. The molecule has 1 saturated carbocycles. The largest absolute Gasteiger partial charge is 0.490 e. The van der Waals surface area contributed by atoms with Gasteiger partial charge >= 0.3 is 0 Å². The number of aliphatic hydroxyl groups excluding tert-OH is 1. The Labute approximate surface area is 267 Å². The van der Waals surface area contributed by atoms with Crippen LogP contribution in [0.1, 0.15) is 92.9 Å². The number of amides is 3. The molecule has 2 aromatic rings. The van der Waals surface area contributed by atoms with Gasteiger partial charge in [0.25, 0.3) is 11.8 Å². The number of nitrogens with zero attached hydrogens (tertiary/aromatic N) is 3. The molecule has 4 atom stereocenters. The number of pyridine rings is 1. The molecule has 246 valence electrons. The molecule has 2 N–H and O–H groups in total. The molecule has 1 aliphatic heterocycles. The van der Waals surface area contributed by atoms with Crippen molar-refractivity contribution >= 4 is 23.4 Å². The molecular formula is C35H50N4O6. The summed E-state index contributed by atoms with van der Waals surface area (Å²) in [5.41, 5.74) is 1.21. The van der Waals surface area contributed by atoms with Gasteiger partial charge in [-0.15, -0.1) is 0 Å². The summed E-state index contributed by atoms with van der Waals surface area (Å²) in [7, 11) is 1.86. The van der Waals surface area contributed by atoms with Crippen molar-refractivity contribution in [2.45, 2.75) is 90.4 Å². The molecule has 0 saturated heterocycles. The van der Waals surface area contributed by atoms with E-state index in [9.17, 15) is 19.5 Å². The summed E-state index contributed by atoms with van der Waals surface area (Å²) in [6.45, 7) is 6.88. The van der Waals surface area contributed by atoms with E-state index >= 15 is 0 Å². The number of rotatable bonds is 7. The zero-order valence-electron chi connectivity index (χ0n) is 27.2. The summed E-state index contributed by atoms with van der Waals surface area (Å²) in [6.07, 6.45) is 10.4. The maximum Gasteiger partial charge on any atom is 0.258 e. The van der Waals surface area contributed by atoms with Crippen LogP contribution in [0.4, 0.5) is 5.69 Å². The molecular weight excluding hydrogens is 572 g/mol. The lowest BCUT2D eigenvalue weighted by molar-refractivity contribution is -0.137. The van der Waals surface area contributed by atoms with Gasteiger partial charge in [0.05, 0.1) is 30.4 Å². The molecule has 1 fully saturated rings. The highest BCUT2D eigenvalue weighted by atomic mass is 16.5. The average molecular weight is 623 g/mol. The molecule has 0 radical (unpaired) electrons. The van der Waals surface area contributed by atoms with Gasteiger partial charge in [0.2, 0.25) is 5.91 Å². The zero-order chi connectivity index (χ0) is 32.3. The maximum absolute atomic E-state index is 14.3. The minimum atomic E-state index is -0.490. The van der Waals surface area contributed by atoms with E-state index in [1.165, 1.54) is 6.42 Å². The zero-order valence-corrected chi connectivity index (χ0v) is 27.2. The van der Waals surface area contributed by atoms with E-state index in [1.54, 1.807) is 54.5 Å². The number of aliphatic hydroxyl groups is 1. The van der Waals surface area contributed by atoms with E-state index in [0.717, 1.165) is 44.9 Å². The maximum atomic E-state index is 14.3. The first kappa shape index (κ1) is 34.4. The van der Waals surface area contributed by atoms with Crippen LogP contribution in [-0.2, 0) is 9.53 Å². The lowest BCUT2D eigenvalue weighted by Crippen LogP contribution is -2.48. The third kappa shape index (κ3) is 9.50. The Morgan fingerprint density at radius 2 is 1.78 bits per heavy atom. The molecule has 1 aromatic heterocycles. The van der Waals surface area contributed by atoms with Gasteiger partial charge in [0.15, 0.2) is 0 Å². The molecule has 45 heavy (non-hydrogen) atoms. The number of aromatic nitrogens is 1. The van der Waals surface area contributed by atoms with Crippen molar-refractivity contribution in [3.63, 3.8) is 0 Å². The monoisotopic (exact) mass is 622 g/mol. The topological polar surface area (TPSA) is 121 Å². The number of ether oxygens (including phenoxy) is 2. The Hall–Kier alpha value is -3.50. The summed E-state index contributed by atoms with van der Waals surface area (Å²) in [5.74, 6) is -0.0987. The Morgan fingerprint density at radius 1 is 1.07 bits per heavy atom. The van der Waals surface area contributed by atoms with Crippen LogP contribution in [0.5, 0.6) is 5.75 Å². The average Bonchev–Trinajstić information content (AvgIpc) is 3.06. The number of hydrogen-bond acceptors (Lipinski definition) is 7. The van der Waals surface area contributed by atoms with Crippen LogP contribution < -0.4 is 10.1 Å². The van der Waals surface area contributed by atoms with Crippen molar-refractivity contribution in [2.75, 3.05) is 38.7 Å². The fraction of sp³-hybridized carbons (Fsp3) is 0.600. The summed E-state index contributed by atoms with van der Waals surface area (Å²) in [4.78, 5) is 47.9. The van der Waals surface area contributed by atoms with Gasteiger partial charge < -0.3 is 29.7 Å². The predicted octanol–water partition coefficient (Wildman–Crippen LogP) is 5.17. The quantitative estimate of drug-likeness (QED) is 0.437. The van der Waals surface area contributed by atoms with Gasteiger partial charge in [-0.25, -0.2) is 0 Å². The number of anilines is 1. The summed E-state index contributed by atoms with van der Waals surface area (Å²) >= 11 is 0. The van der Waals surface area contributed by atoms with E-state index in [1.807, 2.05) is 25.8 Å². The molecule has 2 aliphatic rings. The number of carbonyl (C=O) groups is 3. The highest BCUT2D eigenvalue weighted by Crippen LogP contribution is 2.29. The molecule has 0 unspecified atom stereocenters. The van der Waals surface area contributed by atoms with E-state index in [-0.39, 0.29) is 48.4 Å². The van der Waals surface area contributed by atoms with Crippen molar-refractivity contribution in [1.82, 2.24) is 14.8 Å². The second-order valence-electron chi connectivity index (χ2n) is 12.8. The van der Waals surface area contributed by atoms with Crippen molar-refractivity contribution in [2.24, 2.45) is 11.8 Å². The van der Waals surface area contributed by atoms with E-state index in [0.29, 0.717) is 42.3 Å². The molecule has 3 amide bonds. The van der Waals surface area contributed by atoms with E-state index < -0.39 is 6.04 Å². The summed E-state index contributed by atoms with van der Waals surface area (Å²) < 4.78 is 12.7. The third-order valence-electron chi connectivity index (χ3n) is 9.04. The summed E-state index contributed by atoms with van der Waals surface area (Å²) in [6, 6.07) is 7.84. The predicted molar refractivity (Wildman–Crippen MR) is 173 cm³/mol. The number of likely N-dealkylation sites (N-methyl/N-ethyl adjacent to an activating group) is 1. The van der Waals surface area contributed by atoms with Gasteiger partial charge in [-0.1, -0.05) is 26.2 Å². The lowest BCUT2D eigenvalue weighted by atomic mass is 9.88. The van der Waals surface area contributed by atoms with Crippen molar-refractivity contribution in [3.05, 3.63) is 53.9 Å². The van der Waals surface area contributed by atoms with Crippen molar-refractivity contribution in [1.29, 1.82) is 0 Å². The third-order valence-corrected chi connectivity index (χ3v) is 9.04. The number of nitrogens with one attached hydrogen (secondary N) is 1. The van der Waals surface area contributed by atoms with Gasteiger partial charge in [0.1, 0.15) is 5.75 Å². The van der Waals surface area contributed by atoms with E-state index in [2.05, 4.69) is 10.3 Å². The first-order chi connectivity index (χ1) is 21.7. The SMILES string of the molecule is C[C@@H]1CN([C@H](C)CO)C(=O)c2cc(NC(=O)c3ccncc3)ccc2O[C@@H](C)CCCCO[C@@H]1CN(C)C(=O)C1CCCCC1. The smallest absolute Gasteiger partial charge is 0.258 e. The second kappa shape index (κ2) is 16.7. The fourth-order valence-electron chi connectivity index (χ4n) is 6.19. The lowest BCUT2D eigenvalue weighted by Gasteiger charge is -2.36. The van der Waals surface area contributed by atoms with Crippen LogP contribution >= 0.6 is 0 Å². The Morgan fingerprint density at radius 3 is 2.49 bits per heavy atom. The first-order valence-electron chi connectivity index (χ1n) is 16.5. The normalized spacial score (nSPS) is 22.8. The van der Waals surface area contributed by atoms with Gasteiger partial charge in [-0.3, -0.25) is 19.4 Å². The second-order valence-corrected chi connectivity index (χ2v) is 12.8. The molecule has 1 aliphatic carbocycles. The van der Waals surface area contributed by atoms with Gasteiger partial charge in [-0.2, -0.15) is 0 Å². The molecule has 10 nitrogen and oxygen atoms in total. The molecule has 2 heterocycles. The van der Waals surface area contributed by atoms with Crippen molar-refractivity contribution < 1.29 is 29.0 Å². The Balaban J connectivity index is 1.61. The molecule has 0 bridgehead atoms. The summed E-state index contributed by atoms with van der Waals surface area (Å²) in [5, 5.41) is 13.1. The Kier molecular flexibility index (Phi) is 12.8. The van der Waals surface area contributed by atoms with Crippen molar-refractivity contribution in [3.8, 4) is 5.75 Å². The van der Waals surface area contributed by atoms with Gasteiger partial charge in [0, 0.05) is 62.2 Å². The van der Waals surface area contributed by atoms with Crippen LogP contribution in [0, 0.1) is 11.8 Å². The number of fused-ring (bicyclic) bond motifs is 1.